The van der Waals surface area contributed by atoms with Gasteiger partial charge in [-0.2, -0.15) is 0 Å². The van der Waals surface area contributed by atoms with Crippen molar-refractivity contribution < 1.29 is 13.6 Å². The van der Waals surface area contributed by atoms with Gasteiger partial charge in [-0.1, -0.05) is 6.07 Å². The molecule has 0 N–H and O–H groups in total. The van der Waals surface area contributed by atoms with E-state index in [2.05, 4.69) is 0 Å². The molecule has 0 saturated heterocycles. The van der Waals surface area contributed by atoms with Crippen LogP contribution in [-0.2, 0) is 4.79 Å². The van der Waals surface area contributed by atoms with Crippen molar-refractivity contribution in [3.05, 3.63) is 35.4 Å². The zero-order valence-corrected chi connectivity index (χ0v) is 7.59. The van der Waals surface area contributed by atoms with Crippen molar-refractivity contribution in [1.82, 2.24) is 0 Å². The van der Waals surface area contributed by atoms with E-state index in [0.717, 1.165) is 18.1 Å². The van der Waals surface area contributed by atoms with Gasteiger partial charge in [-0.05, 0) is 30.0 Å². The Hall–Kier alpha value is -1.25. The first-order chi connectivity index (χ1) is 6.66. The van der Waals surface area contributed by atoms with E-state index in [1.54, 1.807) is 6.07 Å². The van der Waals surface area contributed by atoms with Crippen LogP contribution < -0.4 is 0 Å². The number of carbonyl (C=O) groups excluding carboxylic acids is 1. The van der Waals surface area contributed by atoms with E-state index in [4.69, 9.17) is 0 Å². The Bertz CT molecular complexity index is 374. The lowest BCUT2D eigenvalue weighted by Crippen LogP contribution is -1.96. The van der Waals surface area contributed by atoms with Crippen molar-refractivity contribution in [2.24, 2.45) is 0 Å². The Morgan fingerprint density at radius 2 is 2.00 bits per heavy atom. The van der Waals surface area contributed by atoms with Crippen molar-refractivity contribution in [3.63, 3.8) is 0 Å². The van der Waals surface area contributed by atoms with Gasteiger partial charge < -0.3 is 0 Å². The van der Waals surface area contributed by atoms with Gasteiger partial charge in [0.1, 0.15) is 5.78 Å². The smallest absolute Gasteiger partial charge is 0.159 e. The molecule has 1 aliphatic rings. The molecular formula is C11H10F2O. The quantitative estimate of drug-likeness (QED) is 0.675. The fourth-order valence-electron chi connectivity index (χ4n) is 1.86. The maximum absolute atomic E-state index is 12.9. The van der Waals surface area contributed by atoms with Crippen LogP contribution in [0, 0.1) is 11.6 Å². The van der Waals surface area contributed by atoms with Crippen LogP contribution in [-0.4, -0.2) is 5.78 Å². The molecule has 1 fully saturated rings. The molecule has 1 nitrogen and oxygen atoms in total. The van der Waals surface area contributed by atoms with Gasteiger partial charge in [0.15, 0.2) is 11.6 Å². The predicted molar refractivity (Wildman–Crippen MR) is 48.0 cm³/mol. The minimum Gasteiger partial charge on any atom is -0.300 e. The summed E-state index contributed by atoms with van der Waals surface area (Å²) in [7, 11) is 0. The third-order valence-corrected chi connectivity index (χ3v) is 2.66. The first kappa shape index (κ1) is 9.31. The molecule has 0 spiro atoms. The molecule has 0 aliphatic heterocycles. The summed E-state index contributed by atoms with van der Waals surface area (Å²) in [5, 5.41) is 0. The Kier molecular flexibility index (Phi) is 2.32. The second kappa shape index (κ2) is 3.48. The van der Waals surface area contributed by atoms with Crippen LogP contribution in [0.2, 0.25) is 0 Å². The SMILES string of the molecule is O=C1CCC(c2ccc(F)c(F)c2)C1. The van der Waals surface area contributed by atoms with E-state index in [1.165, 1.54) is 6.07 Å². The van der Waals surface area contributed by atoms with Gasteiger partial charge in [-0.25, -0.2) is 8.78 Å². The van der Waals surface area contributed by atoms with E-state index in [9.17, 15) is 13.6 Å². The second-order valence-corrected chi connectivity index (χ2v) is 3.65. The van der Waals surface area contributed by atoms with Crippen LogP contribution in [0.1, 0.15) is 30.7 Å². The Morgan fingerprint density at radius 1 is 1.21 bits per heavy atom. The Morgan fingerprint density at radius 3 is 2.57 bits per heavy atom. The third-order valence-electron chi connectivity index (χ3n) is 2.66. The highest BCUT2D eigenvalue weighted by atomic mass is 19.2. The highest BCUT2D eigenvalue weighted by Gasteiger charge is 2.24. The maximum atomic E-state index is 12.9. The number of benzene rings is 1. The van der Waals surface area contributed by atoms with Crippen molar-refractivity contribution >= 4 is 5.78 Å². The Balaban J connectivity index is 2.24. The molecule has 2 rings (SSSR count). The molecule has 1 aromatic carbocycles. The molecule has 3 heteroatoms. The van der Waals surface area contributed by atoms with Crippen LogP contribution in [0.5, 0.6) is 0 Å². The average Bonchev–Trinajstić information content (AvgIpc) is 2.57. The number of halogens is 2. The summed E-state index contributed by atoms with van der Waals surface area (Å²) >= 11 is 0. The normalized spacial score (nSPS) is 21.6. The summed E-state index contributed by atoms with van der Waals surface area (Å²) in [6, 6.07) is 3.87. The van der Waals surface area contributed by atoms with Gasteiger partial charge in [0.2, 0.25) is 0 Å². The van der Waals surface area contributed by atoms with Crippen LogP contribution in [0.3, 0.4) is 0 Å². The fraction of sp³-hybridized carbons (Fsp3) is 0.364. The maximum Gasteiger partial charge on any atom is 0.159 e. The monoisotopic (exact) mass is 196 g/mol. The van der Waals surface area contributed by atoms with Crippen molar-refractivity contribution in [2.45, 2.75) is 25.2 Å². The second-order valence-electron chi connectivity index (χ2n) is 3.65. The molecule has 0 amide bonds. The van der Waals surface area contributed by atoms with Gasteiger partial charge in [0, 0.05) is 12.8 Å². The lowest BCUT2D eigenvalue weighted by atomic mass is 9.98. The van der Waals surface area contributed by atoms with Gasteiger partial charge in [0.05, 0.1) is 0 Å². The molecule has 14 heavy (non-hydrogen) atoms. The highest BCUT2D eigenvalue weighted by molar-refractivity contribution is 5.81. The Labute approximate surface area is 80.7 Å². The van der Waals surface area contributed by atoms with Gasteiger partial charge in [-0.15, -0.1) is 0 Å². The number of ketones is 1. The van der Waals surface area contributed by atoms with E-state index in [-0.39, 0.29) is 11.7 Å². The van der Waals surface area contributed by atoms with Crippen LogP contribution in [0.4, 0.5) is 8.78 Å². The zero-order valence-electron chi connectivity index (χ0n) is 7.59. The fourth-order valence-corrected chi connectivity index (χ4v) is 1.86. The van der Waals surface area contributed by atoms with Crippen LogP contribution in [0.25, 0.3) is 0 Å². The van der Waals surface area contributed by atoms with E-state index in [0.29, 0.717) is 12.8 Å². The van der Waals surface area contributed by atoms with Gasteiger partial charge >= 0.3 is 0 Å². The standard InChI is InChI=1S/C11H10F2O/c12-10-4-2-8(6-11(10)13)7-1-3-9(14)5-7/h2,4,6-7H,1,3,5H2. The molecule has 1 unspecified atom stereocenters. The molecule has 1 saturated carbocycles. The molecule has 0 aromatic heterocycles. The highest BCUT2D eigenvalue weighted by Crippen LogP contribution is 2.32. The molecule has 0 radical (unpaired) electrons. The number of hydrogen-bond donors (Lipinski definition) is 0. The minimum absolute atomic E-state index is 0.0811. The first-order valence-electron chi connectivity index (χ1n) is 4.63. The lowest BCUT2D eigenvalue weighted by Gasteiger charge is -2.08. The number of Topliss-reactive ketones (excluding diaryl/α,β-unsaturated/α-hetero) is 1. The minimum atomic E-state index is -0.835. The van der Waals surface area contributed by atoms with E-state index in [1.807, 2.05) is 0 Å². The number of rotatable bonds is 1. The summed E-state index contributed by atoms with van der Waals surface area (Å²) in [5.74, 6) is -1.38. The summed E-state index contributed by atoms with van der Waals surface area (Å²) < 4.78 is 25.5. The largest absolute Gasteiger partial charge is 0.300 e. The molecule has 1 aromatic rings. The molecule has 0 bridgehead atoms. The predicted octanol–water partition coefficient (Wildman–Crippen LogP) is 2.80. The summed E-state index contributed by atoms with van der Waals surface area (Å²) in [6.45, 7) is 0. The van der Waals surface area contributed by atoms with Gasteiger partial charge in [-0.3, -0.25) is 4.79 Å². The molecule has 74 valence electrons. The zero-order chi connectivity index (χ0) is 10.1. The molecule has 0 heterocycles. The van der Waals surface area contributed by atoms with Gasteiger partial charge in [0.25, 0.3) is 0 Å². The van der Waals surface area contributed by atoms with Crippen LogP contribution >= 0.6 is 0 Å². The van der Waals surface area contributed by atoms with Crippen molar-refractivity contribution in [3.8, 4) is 0 Å². The van der Waals surface area contributed by atoms with Crippen molar-refractivity contribution in [1.29, 1.82) is 0 Å². The number of hydrogen-bond acceptors (Lipinski definition) is 1. The topological polar surface area (TPSA) is 17.1 Å². The summed E-state index contributed by atoms with van der Waals surface area (Å²) in [4.78, 5) is 11.0. The molecular weight excluding hydrogens is 186 g/mol. The molecule has 1 aliphatic carbocycles. The van der Waals surface area contributed by atoms with E-state index < -0.39 is 11.6 Å². The lowest BCUT2D eigenvalue weighted by molar-refractivity contribution is -0.117. The molecule has 1 atom stereocenters. The van der Waals surface area contributed by atoms with Crippen molar-refractivity contribution in [2.75, 3.05) is 0 Å². The average molecular weight is 196 g/mol. The first-order valence-corrected chi connectivity index (χ1v) is 4.63. The number of carbonyl (C=O) groups is 1. The third kappa shape index (κ3) is 1.67. The summed E-state index contributed by atoms with van der Waals surface area (Å²) in [6.07, 6.45) is 1.78. The van der Waals surface area contributed by atoms with Crippen LogP contribution in [0.15, 0.2) is 18.2 Å². The van der Waals surface area contributed by atoms with E-state index >= 15 is 0 Å². The summed E-state index contributed by atoms with van der Waals surface area (Å²) in [5.41, 5.74) is 0.731.